The van der Waals surface area contributed by atoms with Crippen LogP contribution in [0.25, 0.3) is 0 Å². The van der Waals surface area contributed by atoms with Crippen LogP contribution in [0.5, 0.6) is 0 Å². The first-order valence-electron chi connectivity index (χ1n) is 10.4. The lowest BCUT2D eigenvalue weighted by Gasteiger charge is -2.37. The highest BCUT2D eigenvalue weighted by Crippen LogP contribution is 2.29. The number of esters is 2. The smallest absolute Gasteiger partial charge is 0.331 e. The average Bonchev–Trinajstić information content (AvgIpc) is 2.74. The molecule has 7 heteroatoms. The standard InChI is InChI=1S/C24H26N2O5/c1-24(2)30-22(27)20(23(28)31-24)21(26-12-14-29-15-13-26)25-19-11-7-6-10-18(19)16-17-8-4-3-5-9-17/h3-11,20H,12-16H2,1-2H3. The van der Waals surface area contributed by atoms with Gasteiger partial charge in [0.2, 0.25) is 5.92 Å². The normalized spacial score (nSPS) is 19.7. The molecule has 0 bridgehead atoms. The van der Waals surface area contributed by atoms with E-state index in [9.17, 15) is 9.59 Å². The van der Waals surface area contributed by atoms with Gasteiger partial charge in [0.15, 0.2) is 0 Å². The third-order valence-corrected chi connectivity index (χ3v) is 5.22. The summed E-state index contributed by atoms with van der Waals surface area (Å²) in [4.78, 5) is 32.4. The second-order valence-corrected chi connectivity index (χ2v) is 8.04. The Morgan fingerprint density at radius 1 is 0.968 bits per heavy atom. The van der Waals surface area contributed by atoms with Crippen LogP contribution in [0.4, 0.5) is 5.69 Å². The summed E-state index contributed by atoms with van der Waals surface area (Å²) in [6, 6.07) is 17.8. The molecule has 2 aromatic carbocycles. The molecule has 2 aromatic rings. The molecule has 2 saturated heterocycles. The summed E-state index contributed by atoms with van der Waals surface area (Å²) in [5.74, 6) is -3.46. The van der Waals surface area contributed by atoms with Gasteiger partial charge in [-0.1, -0.05) is 48.5 Å². The van der Waals surface area contributed by atoms with E-state index >= 15 is 0 Å². The van der Waals surface area contributed by atoms with Gasteiger partial charge in [0.05, 0.1) is 18.9 Å². The van der Waals surface area contributed by atoms with Gasteiger partial charge >= 0.3 is 11.9 Å². The van der Waals surface area contributed by atoms with E-state index < -0.39 is 23.6 Å². The molecule has 2 heterocycles. The van der Waals surface area contributed by atoms with Crippen molar-refractivity contribution in [2.45, 2.75) is 26.1 Å². The molecule has 7 nitrogen and oxygen atoms in total. The van der Waals surface area contributed by atoms with Crippen LogP contribution in [0.1, 0.15) is 25.0 Å². The number of morpholine rings is 1. The van der Waals surface area contributed by atoms with E-state index in [1.807, 2.05) is 47.4 Å². The van der Waals surface area contributed by atoms with Crippen molar-refractivity contribution >= 4 is 23.5 Å². The monoisotopic (exact) mass is 422 g/mol. The van der Waals surface area contributed by atoms with Crippen LogP contribution in [-0.2, 0) is 30.2 Å². The highest BCUT2D eigenvalue weighted by atomic mass is 16.7. The number of cyclic esters (lactones) is 2. The highest BCUT2D eigenvalue weighted by Gasteiger charge is 2.47. The summed E-state index contributed by atoms with van der Waals surface area (Å²) in [6.07, 6.45) is 0.684. The van der Waals surface area contributed by atoms with Gasteiger partial charge in [-0.25, -0.2) is 4.99 Å². The summed E-state index contributed by atoms with van der Waals surface area (Å²) in [7, 11) is 0. The van der Waals surface area contributed by atoms with E-state index in [2.05, 4.69) is 12.1 Å². The van der Waals surface area contributed by atoms with Crippen molar-refractivity contribution in [1.29, 1.82) is 0 Å². The summed E-state index contributed by atoms with van der Waals surface area (Å²) in [5.41, 5.74) is 2.85. The fourth-order valence-corrected chi connectivity index (χ4v) is 3.75. The molecule has 162 valence electrons. The molecule has 2 fully saturated rings. The number of para-hydroxylation sites is 1. The molecule has 31 heavy (non-hydrogen) atoms. The van der Waals surface area contributed by atoms with Crippen molar-refractivity contribution in [2.24, 2.45) is 10.9 Å². The van der Waals surface area contributed by atoms with Crippen molar-refractivity contribution in [3.05, 3.63) is 65.7 Å². The van der Waals surface area contributed by atoms with Gasteiger partial charge in [-0.15, -0.1) is 0 Å². The van der Waals surface area contributed by atoms with Gasteiger partial charge in [0.25, 0.3) is 5.79 Å². The van der Waals surface area contributed by atoms with Crippen LogP contribution in [-0.4, -0.2) is 54.8 Å². The number of amidine groups is 1. The first-order valence-corrected chi connectivity index (χ1v) is 10.4. The molecule has 0 aliphatic carbocycles. The van der Waals surface area contributed by atoms with Crippen molar-refractivity contribution in [3.63, 3.8) is 0 Å². The Morgan fingerprint density at radius 3 is 2.26 bits per heavy atom. The van der Waals surface area contributed by atoms with E-state index in [-0.39, 0.29) is 0 Å². The third kappa shape index (κ3) is 4.94. The Morgan fingerprint density at radius 2 is 1.58 bits per heavy atom. The van der Waals surface area contributed by atoms with Gasteiger partial charge in [-0.2, -0.15) is 0 Å². The lowest BCUT2D eigenvalue weighted by molar-refractivity contribution is -0.236. The first-order chi connectivity index (χ1) is 14.9. The van der Waals surface area contributed by atoms with Gasteiger partial charge in [0.1, 0.15) is 5.84 Å². The van der Waals surface area contributed by atoms with Gasteiger partial charge in [0, 0.05) is 26.9 Å². The second kappa shape index (κ2) is 8.89. The number of carbonyl (C=O) groups excluding carboxylic acids is 2. The summed E-state index contributed by atoms with van der Waals surface area (Å²) >= 11 is 0. The first kappa shape index (κ1) is 21.1. The van der Waals surface area contributed by atoms with Crippen LogP contribution in [0, 0.1) is 5.92 Å². The molecule has 0 aromatic heterocycles. The molecule has 0 amide bonds. The number of benzene rings is 2. The van der Waals surface area contributed by atoms with Gasteiger partial charge in [-0.3, -0.25) is 9.59 Å². The maximum Gasteiger partial charge on any atom is 0.331 e. The fourth-order valence-electron chi connectivity index (χ4n) is 3.75. The number of hydrogen-bond acceptors (Lipinski definition) is 6. The summed E-state index contributed by atoms with van der Waals surface area (Å²) < 4.78 is 16.2. The number of nitrogens with zero attached hydrogens (tertiary/aromatic N) is 2. The topological polar surface area (TPSA) is 77.4 Å². The number of carbonyl (C=O) groups is 2. The average molecular weight is 422 g/mol. The van der Waals surface area contributed by atoms with Gasteiger partial charge < -0.3 is 19.1 Å². The maximum absolute atomic E-state index is 12.8. The highest BCUT2D eigenvalue weighted by molar-refractivity contribution is 6.17. The summed E-state index contributed by atoms with van der Waals surface area (Å²) in [5, 5.41) is 0. The molecule has 0 spiro atoms. The molecule has 2 aliphatic rings. The SMILES string of the molecule is CC1(C)OC(=O)C(C(=Nc2ccccc2Cc2ccccc2)N2CCOCC2)C(=O)O1. The fraction of sp³-hybridized carbons (Fsp3) is 0.375. The zero-order chi connectivity index (χ0) is 21.8. The van der Waals surface area contributed by atoms with E-state index in [0.717, 1.165) is 11.1 Å². The Kier molecular flexibility index (Phi) is 6.04. The van der Waals surface area contributed by atoms with Crippen molar-refractivity contribution in [2.75, 3.05) is 26.3 Å². The minimum atomic E-state index is -1.29. The minimum absolute atomic E-state index is 0.342. The van der Waals surface area contributed by atoms with E-state index in [1.165, 1.54) is 0 Å². The zero-order valence-corrected chi connectivity index (χ0v) is 17.7. The predicted octanol–water partition coefficient (Wildman–Crippen LogP) is 3.09. The molecule has 0 saturated carbocycles. The Hall–Kier alpha value is -3.19. The van der Waals surface area contributed by atoms with Crippen LogP contribution in [0.2, 0.25) is 0 Å². The van der Waals surface area contributed by atoms with Crippen LogP contribution < -0.4 is 0 Å². The summed E-state index contributed by atoms with van der Waals surface area (Å²) in [6.45, 7) is 5.12. The van der Waals surface area contributed by atoms with E-state index in [1.54, 1.807) is 13.8 Å². The van der Waals surface area contributed by atoms with Gasteiger partial charge in [-0.05, 0) is 23.6 Å². The molecule has 0 atom stereocenters. The number of hydrogen-bond donors (Lipinski definition) is 0. The number of aliphatic imine (C=N–C) groups is 1. The lowest BCUT2D eigenvalue weighted by Crippen LogP contribution is -2.54. The van der Waals surface area contributed by atoms with Crippen LogP contribution >= 0.6 is 0 Å². The van der Waals surface area contributed by atoms with E-state index in [4.69, 9.17) is 19.2 Å². The number of ether oxygens (including phenoxy) is 3. The Bertz CT molecular complexity index is 960. The quantitative estimate of drug-likeness (QED) is 0.326. The van der Waals surface area contributed by atoms with Crippen LogP contribution in [0.15, 0.2) is 59.6 Å². The molecule has 0 unspecified atom stereocenters. The molecule has 2 aliphatic heterocycles. The van der Waals surface area contributed by atoms with Crippen LogP contribution in [0.3, 0.4) is 0 Å². The maximum atomic E-state index is 12.8. The molecular weight excluding hydrogens is 396 g/mol. The van der Waals surface area contributed by atoms with Crippen molar-refractivity contribution in [1.82, 2.24) is 4.90 Å². The number of rotatable bonds is 4. The second-order valence-electron chi connectivity index (χ2n) is 8.04. The van der Waals surface area contributed by atoms with Crippen molar-refractivity contribution < 1.29 is 23.8 Å². The van der Waals surface area contributed by atoms with Crippen molar-refractivity contribution in [3.8, 4) is 0 Å². The minimum Gasteiger partial charge on any atom is -0.422 e. The Balaban J connectivity index is 1.73. The predicted molar refractivity (Wildman–Crippen MR) is 115 cm³/mol. The zero-order valence-electron chi connectivity index (χ0n) is 17.7. The third-order valence-electron chi connectivity index (χ3n) is 5.22. The molecule has 0 radical (unpaired) electrons. The molecular formula is C24H26N2O5. The molecule has 4 rings (SSSR count). The lowest BCUT2D eigenvalue weighted by atomic mass is 10.0. The molecule has 0 N–H and O–H groups in total. The Labute approximate surface area is 181 Å². The van der Waals surface area contributed by atoms with E-state index in [0.29, 0.717) is 44.2 Å². The largest absolute Gasteiger partial charge is 0.422 e.